The van der Waals surface area contributed by atoms with Gasteiger partial charge in [0.25, 0.3) is 0 Å². The molecule has 0 amide bonds. The molecule has 55 heavy (non-hydrogen) atoms. The van der Waals surface area contributed by atoms with Crippen LogP contribution in [-0.2, 0) is 0 Å². The number of benzene rings is 8. The number of rotatable bonds is 4. The number of nitrogens with zero attached hydrogens (tertiary/aromatic N) is 4. The van der Waals surface area contributed by atoms with Crippen molar-refractivity contribution in [2.45, 2.75) is 0 Å². The molecule has 4 heterocycles. The Labute approximate surface area is 318 Å². The fraction of sp³-hybridized carbons (Fsp3) is 0. The number of para-hydroxylation sites is 2. The van der Waals surface area contributed by atoms with Crippen LogP contribution in [-0.4, -0.2) is 19.5 Å². The average Bonchev–Trinajstić information content (AvgIpc) is 3.92. The van der Waals surface area contributed by atoms with Crippen molar-refractivity contribution in [2.24, 2.45) is 0 Å². The summed E-state index contributed by atoms with van der Waals surface area (Å²) in [5.41, 5.74) is 7.38. The summed E-state index contributed by atoms with van der Waals surface area (Å²) in [7, 11) is 0. The Balaban J connectivity index is 1.20. The minimum absolute atomic E-state index is 0.572. The SMILES string of the molecule is c1ccc(-c2nc(-c3ccc4sc5ccccc5c4c3)nc(-c3ccc4c(oc5ccccc54)c3-n3c4ccccc4c4cc5ccccc5cc43)n2)cc1. The monoisotopic (exact) mass is 720 g/mol. The van der Waals surface area contributed by atoms with Crippen molar-refractivity contribution < 1.29 is 4.42 Å². The lowest BCUT2D eigenvalue weighted by Crippen LogP contribution is -2.04. The Morgan fingerprint density at radius 3 is 1.96 bits per heavy atom. The number of furan rings is 1. The van der Waals surface area contributed by atoms with Crippen LogP contribution >= 0.6 is 11.3 Å². The second kappa shape index (κ2) is 11.7. The molecule has 0 saturated carbocycles. The van der Waals surface area contributed by atoms with Gasteiger partial charge in [0.1, 0.15) is 11.3 Å². The molecular weight excluding hydrogens is 693 g/mol. The number of fused-ring (bicyclic) bond motifs is 10. The molecule has 0 fully saturated rings. The van der Waals surface area contributed by atoms with E-state index in [9.17, 15) is 0 Å². The number of aromatic nitrogens is 4. The Hall–Kier alpha value is -7.15. The highest BCUT2D eigenvalue weighted by atomic mass is 32.1. The van der Waals surface area contributed by atoms with Crippen LogP contribution in [0.25, 0.3) is 115 Å². The number of hydrogen-bond donors (Lipinski definition) is 0. The van der Waals surface area contributed by atoms with Crippen LogP contribution in [0.4, 0.5) is 0 Å². The van der Waals surface area contributed by atoms with Crippen molar-refractivity contribution in [3.8, 4) is 39.9 Å². The quantitative estimate of drug-likeness (QED) is 0.182. The predicted molar refractivity (Wildman–Crippen MR) is 228 cm³/mol. The normalized spacial score (nSPS) is 12.0. The van der Waals surface area contributed by atoms with E-state index in [1.165, 1.54) is 41.7 Å². The summed E-state index contributed by atoms with van der Waals surface area (Å²) in [6, 6.07) is 59.6. The zero-order chi connectivity index (χ0) is 36.0. The summed E-state index contributed by atoms with van der Waals surface area (Å²) in [6.07, 6.45) is 0. The van der Waals surface area contributed by atoms with Gasteiger partial charge >= 0.3 is 0 Å². The lowest BCUT2D eigenvalue weighted by Gasteiger charge is -2.15. The van der Waals surface area contributed by atoms with E-state index in [4.69, 9.17) is 19.4 Å². The van der Waals surface area contributed by atoms with E-state index in [0.717, 1.165) is 55.3 Å². The maximum atomic E-state index is 6.87. The van der Waals surface area contributed by atoms with E-state index in [2.05, 4.69) is 144 Å². The van der Waals surface area contributed by atoms with E-state index < -0.39 is 0 Å². The van der Waals surface area contributed by atoms with Crippen molar-refractivity contribution in [3.63, 3.8) is 0 Å². The molecule has 0 atom stereocenters. The molecule has 0 aliphatic rings. The van der Waals surface area contributed by atoms with Crippen LogP contribution < -0.4 is 0 Å². The maximum absolute atomic E-state index is 6.87. The first-order chi connectivity index (χ1) is 27.2. The van der Waals surface area contributed by atoms with Crippen LogP contribution in [0.3, 0.4) is 0 Å². The van der Waals surface area contributed by atoms with E-state index in [1.54, 1.807) is 11.3 Å². The van der Waals surface area contributed by atoms with Crippen LogP contribution in [0.1, 0.15) is 0 Å². The second-order valence-electron chi connectivity index (χ2n) is 14.0. The summed E-state index contributed by atoms with van der Waals surface area (Å²) < 4.78 is 11.7. The molecule has 256 valence electrons. The highest BCUT2D eigenvalue weighted by Gasteiger charge is 2.24. The first-order valence-electron chi connectivity index (χ1n) is 18.4. The lowest BCUT2D eigenvalue weighted by molar-refractivity contribution is 0.666. The van der Waals surface area contributed by atoms with Gasteiger partial charge in [0.05, 0.1) is 11.0 Å². The first kappa shape index (κ1) is 30.3. The molecule has 0 bridgehead atoms. The van der Waals surface area contributed by atoms with Crippen molar-refractivity contribution >= 4 is 86.0 Å². The van der Waals surface area contributed by atoms with E-state index in [0.29, 0.717) is 17.5 Å². The van der Waals surface area contributed by atoms with Crippen molar-refractivity contribution in [1.82, 2.24) is 19.5 Å². The highest BCUT2D eigenvalue weighted by Crippen LogP contribution is 2.44. The van der Waals surface area contributed by atoms with Gasteiger partial charge in [0.2, 0.25) is 0 Å². The molecule has 0 spiro atoms. The smallest absolute Gasteiger partial charge is 0.166 e. The van der Waals surface area contributed by atoms with Crippen LogP contribution in [0.2, 0.25) is 0 Å². The highest BCUT2D eigenvalue weighted by molar-refractivity contribution is 7.25. The molecule has 0 aliphatic carbocycles. The van der Waals surface area contributed by atoms with Gasteiger partial charge in [-0.2, -0.15) is 0 Å². The largest absolute Gasteiger partial charge is 0.454 e. The molecule has 12 aromatic rings. The van der Waals surface area contributed by atoms with Crippen molar-refractivity contribution in [1.29, 1.82) is 0 Å². The molecular formula is C49H28N4OS. The molecule has 5 nitrogen and oxygen atoms in total. The fourth-order valence-electron chi connectivity index (χ4n) is 8.28. The van der Waals surface area contributed by atoms with E-state index in [-0.39, 0.29) is 0 Å². The van der Waals surface area contributed by atoms with Gasteiger partial charge in [0.15, 0.2) is 23.1 Å². The predicted octanol–water partition coefficient (Wildman–Crippen LogP) is 13.4. The topological polar surface area (TPSA) is 56.7 Å². The van der Waals surface area contributed by atoms with Gasteiger partial charge in [-0.05, 0) is 71.4 Å². The molecule has 0 saturated heterocycles. The maximum Gasteiger partial charge on any atom is 0.166 e. The zero-order valence-electron chi connectivity index (χ0n) is 29.3. The summed E-state index contributed by atoms with van der Waals surface area (Å²) in [4.78, 5) is 15.8. The van der Waals surface area contributed by atoms with Gasteiger partial charge in [0, 0.05) is 58.4 Å². The number of thiophene rings is 1. The standard InChI is InChI=1S/C49H28N4OS/c1-2-12-29(13-3-1)47-50-48(32-22-25-44-39(27-32)35-18-8-11-21-43(35)55-44)52-49(51-47)37-24-23-36-34-17-7-10-20-42(34)54-46(36)45(37)53-40-19-9-6-16-33(40)38-26-30-14-4-5-15-31(30)28-41(38)53/h1-28H. The van der Waals surface area contributed by atoms with Crippen LogP contribution in [0.5, 0.6) is 0 Å². The average molecular weight is 721 g/mol. The second-order valence-corrected chi connectivity index (χ2v) is 15.1. The minimum atomic E-state index is 0.572. The Morgan fingerprint density at radius 2 is 1.09 bits per heavy atom. The Bertz CT molecular complexity index is 3500. The van der Waals surface area contributed by atoms with Crippen molar-refractivity contribution in [3.05, 3.63) is 170 Å². The molecule has 0 radical (unpaired) electrons. The summed E-state index contributed by atoms with van der Waals surface area (Å²) in [6.45, 7) is 0. The molecule has 8 aromatic carbocycles. The van der Waals surface area contributed by atoms with Gasteiger partial charge < -0.3 is 8.98 Å². The summed E-state index contributed by atoms with van der Waals surface area (Å²) >= 11 is 1.80. The molecule has 0 aliphatic heterocycles. The van der Waals surface area contributed by atoms with Gasteiger partial charge in [-0.25, -0.2) is 15.0 Å². The number of hydrogen-bond acceptors (Lipinski definition) is 5. The van der Waals surface area contributed by atoms with Crippen LogP contribution in [0, 0.1) is 0 Å². The van der Waals surface area contributed by atoms with Gasteiger partial charge in [-0.15, -0.1) is 11.3 Å². The third-order valence-electron chi connectivity index (χ3n) is 10.8. The van der Waals surface area contributed by atoms with Gasteiger partial charge in [-0.3, -0.25) is 0 Å². The van der Waals surface area contributed by atoms with Gasteiger partial charge in [-0.1, -0.05) is 109 Å². The lowest BCUT2D eigenvalue weighted by atomic mass is 10.0. The molecule has 0 N–H and O–H groups in total. The molecule has 4 aromatic heterocycles. The third kappa shape index (κ3) is 4.62. The zero-order valence-corrected chi connectivity index (χ0v) is 30.1. The molecule has 12 rings (SSSR count). The summed E-state index contributed by atoms with van der Waals surface area (Å²) in [5, 5.41) is 9.24. The Morgan fingerprint density at radius 1 is 0.418 bits per heavy atom. The van der Waals surface area contributed by atoms with Crippen molar-refractivity contribution in [2.75, 3.05) is 0 Å². The molecule has 6 heteroatoms. The third-order valence-corrected chi connectivity index (χ3v) is 12.0. The van der Waals surface area contributed by atoms with E-state index in [1.807, 2.05) is 30.3 Å². The van der Waals surface area contributed by atoms with Crippen LogP contribution in [0.15, 0.2) is 174 Å². The first-order valence-corrected chi connectivity index (χ1v) is 19.2. The fourth-order valence-corrected chi connectivity index (χ4v) is 9.37. The Kier molecular flexibility index (Phi) is 6.44. The van der Waals surface area contributed by atoms with E-state index >= 15 is 0 Å². The summed E-state index contributed by atoms with van der Waals surface area (Å²) in [5.74, 6) is 1.80. The minimum Gasteiger partial charge on any atom is -0.454 e. The molecule has 0 unspecified atom stereocenters.